The van der Waals surface area contributed by atoms with Crippen molar-refractivity contribution in [1.29, 1.82) is 0 Å². The first-order valence-corrected chi connectivity index (χ1v) is 10.9. The van der Waals surface area contributed by atoms with Gasteiger partial charge in [0.25, 0.3) is 0 Å². The first-order valence-electron chi connectivity index (χ1n) is 10.9. The van der Waals surface area contributed by atoms with Crippen LogP contribution in [-0.2, 0) is 17.6 Å². The number of carbonyl (C=O) groups is 1. The highest BCUT2D eigenvalue weighted by Crippen LogP contribution is 2.31. The summed E-state index contributed by atoms with van der Waals surface area (Å²) in [6, 6.07) is 22.8. The molecule has 0 spiro atoms. The van der Waals surface area contributed by atoms with Gasteiger partial charge in [0.15, 0.2) is 0 Å². The molecule has 1 aromatic heterocycles. The second kappa shape index (κ2) is 9.75. The Kier molecular flexibility index (Phi) is 6.63. The fourth-order valence-electron chi connectivity index (χ4n) is 4.38. The molecule has 3 N–H and O–H groups in total. The van der Waals surface area contributed by atoms with E-state index in [0.29, 0.717) is 5.92 Å². The summed E-state index contributed by atoms with van der Waals surface area (Å²) in [4.78, 5) is 15.6. The molecule has 2 aromatic carbocycles. The van der Waals surface area contributed by atoms with E-state index in [1.807, 2.05) is 36.5 Å². The van der Waals surface area contributed by atoms with Gasteiger partial charge < -0.3 is 15.7 Å². The van der Waals surface area contributed by atoms with Crippen LogP contribution in [0.15, 0.2) is 72.9 Å². The number of pyridine rings is 1. The van der Waals surface area contributed by atoms with Crippen molar-refractivity contribution in [3.8, 4) is 0 Å². The van der Waals surface area contributed by atoms with Crippen LogP contribution < -0.4 is 10.6 Å². The summed E-state index contributed by atoms with van der Waals surface area (Å²) < 4.78 is 0. The van der Waals surface area contributed by atoms with Crippen molar-refractivity contribution in [2.75, 3.05) is 18.4 Å². The molecule has 3 atom stereocenters. The van der Waals surface area contributed by atoms with Gasteiger partial charge in [0.05, 0.1) is 17.8 Å². The second-order valence-corrected chi connectivity index (χ2v) is 8.36. The van der Waals surface area contributed by atoms with E-state index in [2.05, 4.69) is 58.9 Å². The molecule has 0 unspecified atom stereocenters. The molecule has 31 heavy (non-hydrogen) atoms. The highest BCUT2D eigenvalue weighted by atomic mass is 16.4. The first-order chi connectivity index (χ1) is 15.1. The van der Waals surface area contributed by atoms with Crippen molar-refractivity contribution < 1.29 is 9.90 Å². The van der Waals surface area contributed by atoms with Crippen LogP contribution >= 0.6 is 0 Å². The molecule has 4 rings (SSSR count). The van der Waals surface area contributed by atoms with Crippen LogP contribution in [0.1, 0.15) is 41.3 Å². The first kappa shape index (κ1) is 21.1. The summed E-state index contributed by atoms with van der Waals surface area (Å²) in [5, 5.41) is 16.4. The molecule has 1 aliphatic rings. The predicted molar refractivity (Wildman–Crippen MR) is 123 cm³/mol. The SMILES string of the molecule is C[C@@H](CN[C@H](c1ccccc1)[C@@H]1CNc2cccnc2C1)c1cccc(CC(=O)O)c1. The van der Waals surface area contributed by atoms with Gasteiger partial charge in [-0.1, -0.05) is 61.5 Å². The van der Waals surface area contributed by atoms with Gasteiger partial charge in [-0.05, 0) is 41.2 Å². The maximum Gasteiger partial charge on any atom is 0.307 e. The molecular weight excluding hydrogens is 386 g/mol. The van der Waals surface area contributed by atoms with Crippen molar-refractivity contribution in [2.45, 2.75) is 31.7 Å². The second-order valence-electron chi connectivity index (χ2n) is 8.36. The maximum atomic E-state index is 11.1. The molecule has 0 fully saturated rings. The number of carboxylic acid groups (broad SMARTS) is 1. The Hall–Kier alpha value is -3.18. The van der Waals surface area contributed by atoms with E-state index in [1.165, 1.54) is 5.56 Å². The number of nitrogens with zero attached hydrogens (tertiary/aromatic N) is 1. The molecule has 5 nitrogen and oxygen atoms in total. The Bertz CT molecular complexity index is 1020. The predicted octanol–water partition coefficient (Wildman–Crippen LogP) is 4.43. The number of benzene rings is 2. The largest absolute Gasteiger partial charge is 0.481 e. The number of hydrogen-bond acceptors (Lipinski definition) is 4. The fourth-order valence-corrected chi connectivity index (χ4v) is 4.38. The van der Waals surface area contributed by atoms with Gasteiger partial charge in [-0.2, -0.15) is 0 Å². The Morgan fingerprint density at radius 1 is 1.13 bits per heavy atom. The molecule has 0 aliphatic carbocycles. The topological polar surface area (TPSA) is 74.2 Å². The number of aromatic nitrogens is 1. The summed E-state index contributed by atoms with van der Waals surface area (Å²) in [6.07, 6.45) is 2.85. The van der Waals surface area contributed by atoms with Gasteiger partial charge in [0, 0.05) is 31.2 Å². The third kappa shape index (κ3) is 5.30. The standard InChI is InChI=1S/C26H29N3O2/c1-18(21-10-5-7-19(13-21)14-25(30)31)16-29-26(20-8-3-2-4-9-20)22-15-24-23(28-17-22)11-6-12-27-24/h2-13,18,22,26,28-29H,14-17H2,1H3,(H,30,31)/t18-,22-,26+/m0/s1. The minimum atomic E-state index is -0.800. The average Bonchev–Trinajstić information content (AvgIpc) is 2.79. The van der Waals surface area contributed by atoms with Crippen LogP contribution in [0.25, 0.3) is 0 Å². The van der Waals surface area contributed by atoms with Crippen LogP contribution in [0.3, 0.4) is 0 Å². The molecule has 0 saturated heterocycles. The van der Waals surface area contributed by atoms with Crippen LogP contribution in [0.2, 0.25) is 0 Å². The molecule has 0 bridgehead atoms. The minimum absolute atomic E-state index is 0.0563. The normalized spacial score (nSPS) is 17.3. The Morgan fingerprint density at radius 3 is 2.74 bits per heavy atom. The smallest absolute Gasteiger partial charge is 0.307 e. The Labute approximate surface area is 183 Å². The summed E-state index contributed by atoms with van der Waals surface area (Å²) >= 11 is 0. The zero-order valence-electron chi connectivity index (χ0n) is 17.8. The van der Waals surface area contributed by atoms with E-state index in [-0.39, 0.29) is 18.4 Å². The van der Waals surface area contributed by atoms with Gasteiger partial charge in [-0.25, -0.2) is 0 Å². The molecule has 0 saturated carbocycles. The number of hydrogen-bond donors (Lipinski definition) is 3. The lowest BCUT2D eigenvalue weighted by Gasteiger charge is -2.33. The molecule has 5 heteroatoms. The van der Waals surface area contributed by atoms with E-state index < -0.39 is 5.97 Å². The highest BCUT2D eigenvalue weighted by molar-refractivity contribution is 5.70. The van der Waals surface area contributed by atoms with Crippen molar-refractivity contribution in [3.05, 3.63) is 95.3 Å². The van der Waals surface area contributed by atoms with Crippen LogP contribution in [-0.4, -0.2) is 29.1 Å². The van der Waals surface area contributed by atoms with Crippen molar-refractivity contribution in [2.24, 2.45) is 5.92 Å². The summed E-state index contributed by atoms with van der Waals surface area (Å²) in [5.41, 5.74) is 5.54. The number of anilines is 1. The average molecular weight is 416 g/mol. The number of fused-ring (bicyclic) bond motifs is 1. The van der Waals surface area contributed by atoms with E-state index in [1.54, 1.807) is 0 Å². The van der Waals surface area contributed by atoms with Gasteiger partial charge in [-0.3, -0.25) is 9.78 Å². The molecule has 160 valence electrons. The molecule has 0 radical (unpaired) electrons. The van der Waals surface area contributed by atoms with E-state index in [4.69, 9.17) is 5.11 Å². The lowest BCUT2D eigenvalue weighted by Crippen LogP contribution is -2.37. The number of carboxylic acids is 1. The summed E-state index contributed by atoms with van der Waals surface area (Å²) in [6.45, 7) is 3.89. The molecule has 1 aliphatic heterocycles. The van der Waals surface area contributed by atoms with Crippen molar-refractivity contribution >= 4 is 11.7 Å². The van der Waals surface area contributed by atoms with Gasteiger partial charge in [0.1, 0.15) is 0 Å². The number of rotatable bonds is 8. The van der Waals surface area contributed by atoms with Gasteiger partial charge in [0.2, 0.25) is 0 Å². The van der Waals surface area contributed by atoms with Crippen LogP contribution in [0.4, 0.5) is 5.69 Å². The highest BCUT2D eigenvalue weighted by Gasteiger charge is 2.28. The lowest BCUT2D eigenvalue weighted by atomic mass is 9.86. The number of nitrogens with one attached hydrogen (secondary N) is 2. The van der Waals surface area contributed by atoms with E-state index >= 15 is 0 Å². The number of aliphatic carboxylic acids is 1. The Morgan fingerprint density at radius 2 is 1.94 bits per heavy atom. The van der Waals surface area contributed by atoms with E-state index in [0.717, 1.165) is 42.0 Å². The molecular formula is C26H29N3O2. The zero-order valence-corrected chi connectivity index (χ0v) is 17.8. The maximum absolute atomic E-state index is 11.1. The third-order valence-corrected chi connectivity index (χ3v) is 6.05. The molecule has 0 amide bonds. The minimum Gasteiger partial charge on any atom is -0.481 e. The quantitative estimate of drug-likeness (QED) is 0.508. The van der Waals surface area contributed by atoms with Crippen molar-refractivity contribution in [3.63, 3.8) is 0 Å². The third-order valence-electron chi connectivity index (χ3n) is 6.05. The van der Waals surface area contributed by atoms with Gasteiger partial charge in [-0.15, -0.1) is 0 Å². The van der Waals surface area contributed by atoms with E-state index in [9.17, 15) is 4.79 Å². The Balaban J connectivity index is 1.49. The van der Waals surface area contributed by atoms with Gasteiger partial charge >= 0.3 is 5.97 Å². The van der Waals surface area contributed by atoms with Crippen LogP contribution in [0, 0.1) is 5.92 Å². The zero-order chi connectivity index (χ0) is 21.6. The van der Waals surface area contributed by atoms with Crippen LogP contribution in [0.5, 0.6) is 0 Å². The molecule has 3 aromatic rings. The molecule has 2 heterocycles. The monoisotopic (exact) mass is 415 g/mol. The summed E-state index contributed by atoms with van der Waals surface area (Å²) in [7, 11) is 0. The lowest BCUT2D eigenvalue weighted by molar-refractivity contribution is -0.136. The fraction of sp³-hybridized carbons (Fsp3) is 0.308. The summed E-state index contributed by atoms with van der Waals surface area (Å²) in [5.74, 6) is -0.150. The van der Waals surface area contributed by atoms with Crippen molar-refractivity contribution in [1.82, 2.24) is 10.3 Å².